The smallest absolute Gasteiger partial charge is 0.261 e. The van der Waals surface area contributed by atoms with Crippen molar-refractivity contribution in [2.75, 3.05) is 4.72 Å². The zero-order valence-electron chi connectivity index (χ0n) is 13.0. The Morgan fingerprint density at radius 1 is 1.00 bits per heavy atom. The van der Waals surface area contributed by atoms with Crippen LogP contribution < -0.4 is 21.9 Å². The van der Waals surface area contributed by atoms with Gasteiger partial charge in [-0.1, -0.05) is 18.2 Å². The molecule has 0 aliphatic rings. The van der Waals surface area contributed by atoms with E-state index in [9.17, 15) is 8.42 Å². The summed E-state index contributed by atoms with van der Waals surface area (Å²) in [7, 11) is -3.70. The van der Waals surface area contributed by atoms with Crippen molar-refractivity contribution in [1.29, 1.82) is 0 Å². The van der Waals surface area contributed by atoms with Crippen molar-refractivity contribution < 1.29 is 8.42 Å². The SMILES string of the molecule is Cc1ccccc1NS(=O)(=O)c1ccc(N=C(N)N=C(N)N)cc1. The van der Waals surface area contributed by atoms with Crippen LogP contribution in [0.25, 0.3) is 0 Å². The average Bonchev–Trinajstić information content (AvgIpc) is 2.49. The van der Waals surface area contributed by atoms with E-state index in [1.807, 2.05) is 19.1 Å². The molecule has 9 heteroatoms. The maximum atomic E-state index is 12.4. The molecular weight excluding hydrogens is 328 g/mol. The summed E-state index contributed by atoms with van der Waals surface area (Å²) in [6.45, 7) is 1.82. The average molecular weight is 346 g/mol. The number of nitrogens with one attached hydrogen (secondary N) is 1. The Morgan fingerprint density at radius 2 is 1.62 bits per heavy atom. The molecule has 0 aliphatic carbocycles. The van der Waals surface area contributed by atoms with Crippen LogP contribution in [0.1, 0.15) is 5.56 Å². The van der Waals surface area contributed by atoms with Crippen molar-refractivity contribution in [1.82, 2.24) is 0 Å². The molecule has 2 aromatic rings. The lowest BCUT2D eigenvalue weighted by molar-refractivity contribution is 0.601. The summed E-state index contributed by atoms with van der Waals surface area (Å²) in [5, 5.41) is 0. The summed E-state index contributed by atoms with van der Waals surface area (Å²) in [5.41, 5.74) is 17.7. The lowest BCUT2D eigenvalue weighted by Gasteiger charge is -2.10. The number of aryl methyl sites for hydroxylation is 1. The highest BCUT2D eigenvalue weighted by Gasteiger charge is 2.14. The minimum absolute atomic E-state index is 0.102. The Kier molecular flexibility index (Phi) is 5.05. The van der Waals surface area contributed by atoms with Gasteiger partial charge in [0.05, 0.1) is 16.3 Å². The molecule has 0 saturated carbocycles. The number of hydrogen-bond acceptors (Lipinski definition) is 3. The van der Waals surface area contributed by atoms with Gasteiger partial charge in [-0.25, -0.2) is 13.4 Å². The second kappa shape index (κ2) is 7.01. The first-order valence-corrected chi connectivity index (χ1v) is 8.38. The molecule has 0 aromatic heterocycles. The van der Waals surface area contributed by atoms with Gasteiger partial charge in [0.15, 0.2) is 5.96 Å². The molecule has 0 unspecified atom stereocenters. The van der Waals surface area contributed by atoms with Gasteiger partial charge >= 0.3 is 0 Å². The van der Waals surface area contributed by atoms with E-state index in [1.54, 1.807) is 12.1 Å². The summed E-state index contributed by atoms with van der Waals surface area (Å²) < 4.78 is 27.4. The van der Waals surface area contributed by atoms with Crippen LogP contribution in [-0.4, -0.2) is 20.3 Å². The lowest BCUT2D eigenvalue weighted by Crippen LogP contribution is -2.26. The van der Waals surface area contributed by atoms with Crippen molar-refractivity contribution >= 4 is 33.3 Å². The van der Waals surface area contributed by atoms with Crippen LogP contribution in [0.15, 0.2) is 63.4 Å². The van der Waals surface area contributed by atoms with Gasteiger partial charge in [-0.05, 0) is 42.8 Å². The van der Waals surface area contributed by atoms with E-state index in [1.165, 1.54) is 24.3 Å². The molecule has 2 rings (SSSR count). The number of anilines is 1. The van der Waals surface area contributed by atoms with Gasteiger partial charge in [-0.2, -0.15) is 4.99 Å². The molecule has 126 valence electrons. The Balaban J connectivity index is 2.24. The third-order valence-corrected chi connectivity index (χ3v) is 4.41. The lowest BCUT2D eigenvalue weighted by atomic mass is 10.2. The van der Waals surface area contributed by atoms with Crippen molar-refractivity contribution in [2.45, 2.75) is 11.8 Å². The topological polar surface area (TPSA) is 149 Å². The van der Waals surface area contributed by atoms with Gasteiger partial charge in [0.25, 0.3) is 10.0 Å². The van der Waals surface area contributed by atoms with E-state index < -0.39 is 10.0 Å². The minimum atomic E-state index is -3.70. The van der Waals surface area contributed by atoms with Gasteiger partial charge < -0.3 is 17.2 Å². The zero-order valence-corrected chi connectivity index (χ0v) is 13.8. The molecule has 0 saturated heterocycles. The van der Waals surface area contributed by atoms with E-state index in [2.05, 4.69) is 14.7 Å². The van der Waals surface area contributed by atoms with E-state index in [0.717, 1.165) is 5.56 Å². The highest BCUT2D eigenvalue weighted by Crippen LogP contribution is 2.21. The number of sulfonamides is 1. The molecule has 0 spiro atoms. The molecule has 0 bridgehead atoms. The number of guanidine groups is 2. The fraction of sp³-hybridized carbons (Fsp3) is 0.0667. The van der Waals surface area contributed by atoms with Crippen LogP contribution in [-0.2, 0) is 10.0 Å². The van der Waals surface area contributed by atoms with Crippen LogP contribution in [0.4, 0.5) is 11.4 Å². The second-order valence-corrected chi connectivity index (χ2v) is 6.60. The fourth-order valence-corrected chi connectivity index (χ4v) is 3.01. The van der Waals surface area contributed by atoms with Crippen molar-refractivity contribution in [3.8, 4) is 0 Å². The summed E-state index contributed by atoms with van der Waals surface area (Å²) in [6, 6.07) is 13.0. The molecule has 0 radical (unpaired) electrons. The molecule has 0 fully saturated rings. The molecule has 0 aliphatic heterocycles. The van der Waals surface area contributed by atoms with Crippen LogP contribution in [0.2, 0.25) is 0 Å². The van der Waals surface area contributed by atoms with E-state index in [-0.39, 0.29) is 16.8 Å². The normalized spacial score (nSPS) is 11.8. The third kappa shape index (κ3) is 4.46. The van der Waals surface area contributed by atoms with Gasteiger partial charge in [0.2, 0.25) is 5.96 Å². The number of para-hydroxylation sites is 1. The minimum Gasteiger partial charge on any atom is -0.370 e. The maximum absolute atomic E-state index is 12.4. The zero-order chi connectivity index (χ0) is 17.7. The largest absolute Gasteiger partial charge is 0.370 e. The molecule has 2 aromatic carbocycles. The standard InChI is InChI=1S/C15H18N6O2S/c1-10-4-2-3-5-13(10)21-24(22,23)12-8-6-11(7-9-12)19-15(18)20-14(16)17/h2-9,21H,1H3,(H6,16,17,18,19,20). The summed E-state index contributed by atoms with van der Waals surface area (Å²) in [6.07, 6.45) is 0. The van der Waals surface area contributed by atoms with Gasteiger partial charge in [-0.15, -0.1) is 0 Å². The predicted octanol–water partition coefficient (Wildman–Crippen LogP) is 1.02. The van der Waals surface area contributed by atoms with Crippen molar-refractivity contribution in [2.24, 2.45) is 27.2 Å². The monoisotopic (exact) mass is 346 g/mol. The quantitative estimate of drug-likeness (QED) is 0.481. The second-order valence-electron chi connectivity index (χ2n) is 4.92. The number of nitrogens with two attached hydrogens (primary N) is 3. The molecular formula is C15H18N6O2S. The molecule has 8 nitrogen and oxygen atoms in total. The maximum Gasteiger partial charge on any atom is 0.261 e. The number of rotatable bonds is 4. The van der Waals surface area contributed by atoms with Crippen molar-refractivity contribution in [3.05, 3.63) is 54.1 Å². The molecule has 7 N–H and O–H groups in total. The van der Waals surface area contributed by atoms with Crippen LogP contribution >= 0.6 is 0 Å². The van der Waals surface area contributed by atoms with E-state index >= 15 is 0 Å². The first-order valence-electron chi connectivity index (χ1n) is 6.90. The van der Waals surface area contributed by atoms with E-state index in [4.69, 9.17) is 17.2 Å². The number of benzene rings is 2. The number of aliphatic imine (C=N–C) groups is 2. The van der Waals surface area contributed by atoms with Gasteiger partial charge in [0.1, 0.15) is 0 Å². The van der Waals surface area contributed by atoms with Gasteiger partial charge in [0, 0.05) is 0 Å². The Bertz CT molecular complexity index is 884. The molecule has 0 amide bonds. The summed E-state index contributed by atoms with van der Waals surface area (Å²) >= 11 is 0. The molecule has 0 atom stereocenters. The fourth-order valence-electron chi connectivity index (χ4n) is 1.88. The van der Waals surface area contributed by atoms with Crippen LogP contribution in [0.3, 0.4) is 0 Å². The first-order chi connectivity index (χ1) is 11.3. The Labute approximate surface area is 140 Å². The van der Waals surface area contributed by atoms with Crippen molar-refractivity contribution in [3.63, 3.8) is 0 Å². The summed E-state index contributed by atoms with van der Waals surface area (Å²) in [5.74, 6) is -0.332. The summed E-state index contributed by atoms with van der Waals surface area (Å²) in [4.78, 5) is 7.63. The Morgan fingerprint density at radius 3 is 2.21 bits per heavy atom. The number of hydrogen-bond donors (Lipinski definition) is 4. The van der Waals surface area contributed by atoms with Gasteiger partial charge in [-0.3, -0.25) is 4.72 Å². The van der Waals surface area contributed by atoms with Crippen LogP contribution in [0.5, 0.6) is 0 Å². The number of nitrogens with zero attached hydrogens (tertiary/aromatic N) is 2. The molecule has 0 heterocycles. The Hall–Kier alpha value is -3.07. The third-order valence-electron chi connectivity index (χ3n) is 3.02. The van der Waals surface area contributed by atoms with Crippen LogP contribution in [0, 0.1) is 6.92 Å². The van der Waals surface area contributed by atoms with E-state index in [0.29, 0.717) is 11.4 Å². The first kappa shape index (κ1) is 17.3. The highest BCUT2D eigenvalue weighted by atomic mass is 32.2. The molecule has 24 heavy (non-hydrogen) atoms. The predicted molar refractivity (Wildman–Crippen MR) is 95.5 cm³/mol. The highest BCUT2D eigenvalue weighted by molar-refractivity contribution is 7.92.